The highest BCUT2D eigenvalue weighted by molar-refractivity contribution is 9.10. The van der Waals surface area contributed by atoms with Crippen molar-refractivity contribution in [3.05, 3.63) is 69.7 Å². The fourth-order valence-electron chi connectivity index (χ4n) is 3.57. The highest BCUT2D eigenvalue weighted by Crippen LogP contribution is 2.25. The molecule has 1 fully saturated rings. The van der Waals surface area contributed by atoms with Gasteiger partial charge in [-0.3, -0.25) is 4.79 Å². The number of hydrogen-bond donors (Lipinski definition) is 1. The molecule has 1 aliphatic heterocycles. The first kappa shape index (κ1) is 20.8. The number of rotatable bonds is 4. The molecule has 0 bridgehead atoms. The van der Waals surface area contributed by atoms with Gasteiger partial charge in [-0.1, -0.05) is 52.5 Å². The molecule has 7 heteroatoms. The highest BCUT2D eigenvalue weighted by Gasteiger charge is 2.14. The van der Waals surface area contributed by atoms with Crippen LogP contribution in [0, 0.1) is 0 Å². The van der Waals surface area contributed by atoms with E-state index in [0.717, 1.165) is 34.6 Å². The standard InChI is InChI=1S/C23H22BrClN4O/c24-17-8-9-20(25)19(15-17)23(30)26-18-7-5-6-16(14-18)21-10-11-22(28-27-21)29-12-3-1-2-4-13-29/h5-11,14-15H,1-4,12-13H2,(H,26,30). The molecular formula is C23H22BrClN4O. The number of benzene rings is 2. The van der Waals surface area contributed by atoms with Gasteiger partial charge in [0.25, 0.3) is 5.91 Å². The van der Waals surface area contributed by atoms with E-state index in [9.17, 15) is 4.79 Å². The third-order valence-electron chi connectivity index (χ3n) is 5.17. The summed E-state index contributed by atoms with van der Waals surface area (Å²) in [6, 6.07) is 16.8. The average molecular weight is 486 g/mol. The van der Waals surface area contributed by atoms with Crippen molar-refractivity contribution in [2.24, 2.45) is 0 Å². The predicted octanol–water partition coefficient (Wildman–Crippen LogP) is 6.19. The average Bonchev–Trinajstić information content (AvgIpc) is 3.05. The molecule has 1 aliphatic rings. The lowest BCUT2D eigenvalue weighted by atomic mass is 10.1. The van der Waals surface area contributed by atoms with E-state index in [0.29, 0.717) is 16.3 Å². The molecule has 1 saturated heterocycles. The molecule has 1 amide bonds. The smallest absolute Gasteiger partial charge is 0.257 e. The molecular weight excluding hydrogens is 464 g/mol. The Hall–Kier alpha value is -2.44. The van der Waals surface area contributed by atoms with Gasteiger partial charge >= 0.3 is 0 Å². The second-order valence-corrected chi connectivity index (χ2v) is 8.66. The number of nitrogens with one attached hydrogen (secondary N) is 1. The molecule has 0 saturated carbocycles. The zero-order valence-corrected chi connectivity index (χ0v) is 18.8. The zero-order valence-electron chi connectivity index (χ0n) is 16.4. The molecule has 3 aromatic rings. The molecule has 1 aromatic heterocycles. The first-order valence-corrected chi connectivity index (χ1v) is 11.2. The van der Waals surface area contributed by atoms with Crippen molar-refractivity contribution in [1.82, 2.24) is 10.2 Å². The van der Waals surface area contributed by atoms with Gasteiger partial charge in [-0.15, -0.1) is 10.2 Å². The summed E-state index contributed by atoms with van der Waals surface area (Å²) in [6.07, 6.45) is 4.97. The third-order valence-corrected chi connectivity index (χ3v) is 5.99. The van der Waals surface area contributed by atoms with Gasteiger partial charge in [0.15, 0.2) is 5.82 Å². The summed E-state index contributed by atoms with van der Waals surface area (Å²) in [5, 5.41) is 12.2. The minimum atomic E-state index is -0.263. The van der Waals surface area contributed by atoms with Crippen LogP contribution in [0.3, 0.4) is 0 Å². The summed E-state index contributed by atoms with van der Waals surface area (Å²) in [7, 11) is 0. The van der Waals surface area contributed by atoms with E-state index in [1.807, 2.05) is 36.4 Å². The van der Waals surface area contributed by atoms with Crippen molar-refractivity contribution in [3.63, 3.8) is 0 Å². The molecule has 0 unspecified atom stereocenters. The number of amides is 1. The van der Waals surface area contributed by atoms with E-state index < -0.39 is 0 Å². The maximum atomic E-state index is 12.6. The van der Waals surface area contributed by atoms with Crippen molar-refractivity contribution in [2.75, 3.05) is 23.3 Å². The van der Waals surface area contributed by atoms with Gasteiger partial charge in [0.1, 0.15) is 0 Å². The molecule has 154 valence electrons. The Bertz CT molecular complexity index is 1030. The summed E-state index contributed by atoms with van der Waals surface area (Å²) >= 11 is 9.54. The molecule has 0 aliphatic carbocycles. The topological polar surface area (TPSA) is 58.1 Å². The van der Waals surface area contributed by atoms with Crippen molar-refractivity contribution in [1.29, 1.82) is 0 Å². The van der Waals surface area contributed by atoms with Gasteiger partial charge in [0.2, 0.25) is 0 Å². The number of nitrogens with zero attached hydrogens (tertiary/aromatic N) is 3. The molecule has 0 spiro atoms. The van der Waals surface area contributed by atoms with Crippen molar-refractivity contribution in [3.8, 4) is 11.3 Å². The summed E-state index contributed by atoms with van der Waals surface area (Å²) in [5.41, 5.74) is 2.75. The Kier molecular flexibility index (Phi) is 6.65. The zero-order chi connectivity index (χ0) is 20.9. The fourth-order valence-corrected chi connectivity index (χ4v) is 4.14. The Morgan fingerprint density at radius 3 is 2.50 bits per heavy atom. The van der Waals surface area contributed by atoms with E-state index in [1.54, 1.807) is 18.2 Å². The molecule has 0 atom stereocenters. The van der Waals surface area contributed by atoms with Gasteiger partial charge < -0.3 is 10.2 Å². The van der Waals surface area contributed by atoms with Crippen LogP contribution in [0.4, 0.5) is 11.5 Å². The largest absolute Gasteiger partial charge is 0.355 e. The summed E-state index contributed by atoms with van der Waals surface area (Å²) in [6.45, 7) is 2.07. The quantitative estimate of drug-likeness (QED) is 0.478. The lowest BCUT2D eigenvalue weighted by Gasteiger charge is -2.20. The van der Waals surface area contributed by atoms with Crippen LogP contribution >= 0.6 is 27.5 Å². The van der Waals surface area contributed by atoms with E-state index in [2.05, 4.69) is 36.3 Å². The number of anilines is 2. The normalized spacial score (nSPS) is 14.3. The van der Waals surface area contributed by atoms with Gasteiger partial charge in [0.05, 0.1) is 16.3 Å². The number of halogens is 2. The van der Waals surface area contributed by atoms with Crippen LogP contribution < -0.4 is 10.2 Å². The summed E-state index contributed by atoms with van der Waals surface area (Å²) in [5.74, 6) is 0.662. The van der Waals surface area contributed by atoms with Gasteiger partial charge in [0, 0.05) is 28.8 Å². The van der Waals surface area contributed by atoms with Crippen LogP contribution in [0.5, 0.6) is 0 Å². The van der Waals surface area contributed by atoms with Crippen LogP contribution in [0.25, 0.3) is 11.3 Å². The third kappa shape index (κ3) is 4.99. The maximum Gasteiger partial charge on any atom is 0.257 e. The molecule has 4 rings (SSSR count). The lowest BCUT2D eigenvalue weighted by molar-refractivity contribution is 0.102. The fraction of sp³-hybridized carbons (Fsp3) is 0.261. The van der Waals surface area contributed by atoms with E-state index in [4.69, 9.17) is 11.6 Å². The van der Waals surface area contributed by atoms with Gasteiger partial charge in [-0.05, 0) is 55.3 Å². The van der Waals surface area contributed by atoms with E-state index in [1.165, 1.54) is 25.7 Å². The van der Waals surface area contributed by atoms with Crippen LogP contribution in [-0.4, -0.2) is 29.2 Å². The number of hydrogen-bond acceptors (Lipinski definition) is 4. The second-order valence-electron chi connectivity index (χ2n) is 7.34. The Morgan fingerprint density at radius 2 is 1.77 bits per heavy atom. The monoisotopic (exact) mass is 484 g/mol. The second kappa shape index (κ2) is 9.58. The number of carbonyl (C=O) groups is 1. The predicted molar refractivity (Wildman–Crippen MR) is 125 cm³/mol. The van der Waals surface area contributed by atoms with E-state index in [-0.39, 0.29) is 5.91 Å². The van der Waals surface area contributed by atoms with Crippen LogP contribution in [0.1, 0.15) is 36.0 Å². The summed E-state index contributed by atoms with van der Waals surface area (Å²) in [4.78, 5) is 14.9. The van der Waals surface area contributed by atoms with Gasteiger partial charge in [-0.2, -0.15) is 0 Å². The van der Waals surface area contributed by atoms with Crippen LogP contribution in [-0.2, 0) is 0 Å². The van der Waals surface area contributed by atoms with E-state index >= 15 is 0 Å². The Morgan fingerprint density at radius 1 is 0.967 bits per heavy atom. The summed E-state index contributed by atoms with van der Waals surface area (Å²) < 4.78 is 0.797. The number of aromatic nitrogens is 2. The minimum absolute atomic E-state index is 0.263. The molecule has 0 radical (unpaired) electrons. The molecule has 2 heterocycles. The first-order chi connectivity index (χ1) is 14.6. The maximum absolute atomic E-state index is 12.6. The minimum Gasteiger partial charge on any atom is -0.355 e. The highest BCUT2D eigenvalue weighted by atomic mass is 79.9. The van der Waals surface area contributed by atoms with Crippen molar-refractivity contribution < 1.29 is 4.79 Å². The van der Waals surface area contributed by atoms with Crippen LogP contribution in [0.15, 0.2) is 59.1 Å². The van der Waals surface area contributed by atoms with Crippen molar-refractivity contribution in [2.45, 2.75) is 25.7 Å². The molecule has 5 nitrogen and oxygen atoms in total. The molecule has 30 heavy (non-hydrogen) atoms. The Labute approximate surface area is 189 Å². The lowest BCUT2D eigenvalue weighted by Crippen LogP contribution is -2.25. The Balaban J connectivity index is 1.50. The SMILES string of the molecule is O=C(Nc1cccc(-c2ccc(N3CCCCCC3)nn2)c1)c1cc(Br)ccc1Cl. The van der Waals surface area contributed by atoms with Gasteiger partial charge in [-0.25, -0.2) is 0 Å². The number of carbonyl (C=O) groups excluding carboxylic acids is 1. The van der Waals surface area contributed by atoms with Crippen molar-refractivity contribution >= 4 is 44.9 Å². The van der Waals surface area contributed by atoms with Crippen LogP contribution in [0.2, 0.25) is 5.02 Å². The molecule has 2 aromatic carbocycles. The molecule has 1 N–H and O–H groups in total. The first-order valence-electron chi connectivity index (χ1n) is 10.1.